The molecule has 6 heteroatoms. The molecule has 0 N–H and O–H groups in total. The second kappa shape index (κ2) is 8.19. The minimum absolute atomic E-state index is 0.0769. The molecular formula is C22H27N3O3. The van der Waals surface area contributed by atoms with Gasteiger partial charge in [-0.2, -0.15) is 0 Å². The summed E-state index contributed by atoms with van der Waals surface area (Å²) in [6.07, 6.45) is 4.75. The van der Waals surface area contributed by atoms with Gasteiger partial charge in [0.15, 0.2) is 5.76 Å². The molecule has 1 aromatic carbocycles. The highest BCUT2D eigenvalue weighted by Gasteiger charge is 2.29. The van der Waals surface area contributed by atoms with E-state index in [9.17, 15) is 9.59 Å². The van der Waals surface area contributed by atoms with Crippen molar-refractivity contribution in [3.8, 4) is 0 Å². The highest BCUT2D eigenvalue weighted by atomic mass is 16.3. The number of likely N-dealkylation sites (N-methyl/N-ethyl adjacent to an activating group) is 1. The zero-order valence-electron chi connectivity index (χ0n) is 16.3. The Labute approximate surface area is 165 Å². The molecule has 28 heavy (non-hydrogen) atoms. The summed E-state index contributed by atoms with van der Waals surface area (Å²) in [5.41, 5.74) is 2.65. The van der Waals surface area contributed by atoms with Gasteiger partial charge in [0.25, 0.3) is 5.91 Å². The average Bonchev–Trinajstić information content (AvgIpc) is 3.28. The van der Waals surface area contributed by atoms with Gasteiger partial charge in [-0.15, -0.1) is 0 Å². The molecule has 0 radical (unpaired) electrons. The van der Waals surface area contributed by atoms with Gasteiger partial charge in [0, 0.05) is 33.2 Å². The third-order valence-corrected chi connectivity index (χ3v) is 5.95. The number of benzene rings is 1. The van der Waals surface area contributed by atoms with Crippen LogP contribution in [0.25, 0.3) is 0 Å². The Kier molecular flexibility index (Phi) is 5.48. The Morgan fingerprint density at radius 2 is 1.89 bits per heavy atom. The number of nitrogens with zero attached hydrogens (tertiary/aromatic N) is 3. The molecule has 1 atom stereocenters. The molecular weight excluding hydrogens is 354 g/mol. The number of aryl methyl sites for hydroxylation is 1. The Bertz CT molecular complexity index is 825. The van der Waals surface area contributed by atoms with Crippen LogP contribution >= 0.6 is 0 Å². The van der Waals surface area contributed by atoms with Crippen LogP contribution in [0.4, 0.5) is 0 Å². The number of hydrogen-bond donors (Lipinski definition) is 0. The first kappa shape index (κ1) is 18.7. The number of carbonyl (C=O) groups is 2. The monoisotopic (exact) mass is 381 g/mol. The van der Waals surface area contributed by atoms with E-state index in [0.29, 0.717) is 38.5 Å². The fourth-order valence-corrected chi connectivity index (χ4v) is 4.27. The van der Waals surface area contributed by atoms with Crippen molar-refractivity contribution >= 4 is 11.8 Å². The van der Waals surface area contributed by atoms with Gasteiger partial charge in [-0.05, 0) is 42.5 Å². The Morgan fingerprint density at radius 3 is 2.64 bits per heavy atom. The minimum atomic E-state index is -0.0769. The van der Waals surface area contributed by atoms with Gasteiger partial charge in [0.05, 0.1) is 18.8 Å². The van der Waals surface area contributed by atoms with E-state index < -0.39 is 0 Å². The van der Waals surface area contributed by atoms with Crippen LogP contribution in [0.5, 0.6) is 0 Å². The predicted octanol–water partition coefficient (Wildman–Crippen LogP) is 2.57. The molecule has 1 aliphatic heterocycles. The van der Waals surface area contributed by atoms with Crippen molar-refractivity contribution in [3.05, 3.63) is 59.5 Å². The van der Waals surface area contributed by atoms with Crippen molar-refractivity contribution in [2.45, 2.75) is 25.3 Å². The zero-order chi connectivity index (χ0) is 19.5. The molecule has 2 amide bonds. The van der Waals surface area contributed by atoms with Crippen LogP contribution < -0.4 is 0 Å². The molecule has 6 nitrogen and oxygen atoms in total. The van der Waals surface area contributed by atoms with Crippen molar-refractivity contribution in [1.82, 2.24) is 14.7 Å². The molecule has 1 aliphatic carbocycles. The normalized spacial score (nSPS) is 19.9. The van der Waals surface area contributed by atoms with E-state index in [1.54, 1.807) is 17.0 Å². The predicted molar refractivity (Wildman–Crippen MR) is 106 cm³/mol. The molecule has 2 aromatic rings. The first-order chi connectivity index (χ1) is 13.6. The zero-order valence-corrected chi connectivity index (χ0v) is 16.3. The maximum Gasteiger partial charge on any atom is 0.289 e. The van der Waals surface area contributed by atoms with Crippen LogP contribution in [0.1, 0.15) is 40.6 Å². The largest absolute Gasteiger partial charge is 0.459 e. The first-order valence-corrected chi connectivity index (χ1v) is 10.0. The summed E-state index contributed by atoms with van der Waals surface area (Å²) in [6, 6.07) is 12.0. The molecule has 2 heterocycles. The lowest BCUT2D eigenvalue weighted by Gasteiger charge is -2.37. The van der Waals surface area contributed by atoms with Crippen LogP contribution in [0.3, 0.4) is 0 Å². The Morgan fingerprint density at radius 1 is 1.11 bits per heavy atom. The quantitative estimate of drug-likeness (QED) is 0.817. The second-order valence-corrected chi connectivity index (χ2v) is 7.66. The molecule has 2 aliphatic rings. The van der Waals surface area contributed by atoms with Crippen LogP contribution in [-0.2, 0) is 11.2 Å². The average molecular weight is 381 g/mol. The van der Waals surface area contributed by atoms with Crippen LogP contribution in [-0.4, -0.2) is 66.3 Å². The molecule has 0 spiro atoms. The summed E-state index contributed by atoms with van der Waals surface area (Å²) in [5.74, 6) is 0.444. The third kappa shape index (κ3) is 3.83. The van der Waals surface area contributed by atoms with E-state index in [0.717, 1.165) is 19.3 Å². The fraction of sp³-hybridized carbons (Fsp3) is 0.455. The van der Waals surface area contributed by atoms with E-state index in [4.69, 9.17) is 4.42 Å². The number of fused-ring (bicyclic) bond motifs is 1. The molecule has 148 valence electrons. The fourth-order valence-electron chi connectivity index (χ4n) is 4.27. The van der Waals surface area contributed by atoms with E-state index in [-0.39, 0.29) is 17.9 Å². The van der Waals surface area contributed by atoms with Crippen molar-refractivity contribution in [2.75, 3.05) is 39.8 Å². The number of piperazine rings is 1. The standard InChI is InChI=1S/C22H27N3O3/c1-23(19-9-4-7-17-6-2-3-8-18(17)19)21(26)16-24-11-13-25(14-12-24)22(27)20-10-5-15-28-20/h2-3,5-6,8,10,15,19H,4,7,9,11-14,16H2,1H3. The topological polar surface area (TPSA) is 57.0 Å². The number of furan rings is 1. The maximum atomic E-state index is 12.9. The summed E-state index contributed by atoms with van der Waals surface area (Å²) >= 11 is 0. The third-order valence-electron chi connectivity index (χ3n) is 5.95. The Hall–Kier alpha value is -2.60. The van der Waals surface area contributed by atoms with E-state index in [1.807, 2.05) is 11.9 Å². The lowest BCUT2D eigenvalue weighted by molar-refractivity contribution is -0.134. The lowest BCUT2D eigenvalue weighted by atomic mass is 9.87. The van der Waals surface area contributed by atoms with Crippen molar-refractivity contribution in [3.63, 3.8) is 0 Å². The molecule has 1 fully saturated rings. The summed E-state index contributed by atoms with van der Waals surface area (Å²) < 4.78 is 5.20. The van der Waals surface area contributed by atoms with Gasteiger partial charge in [-0.3, -0.25) is 14.5 Å². The molecule has 4 rings (SSSR count). The van der Waals surface area contributed by atoms with E-state index in [2.05, 4.69) is 29.2 Å². The molecule has 0 saturated carbocycles. The van der Waals surface area contributed by atoms with Crippen LogP contribution in [0, 0.1) is 0 Å². The molecule has 1 unspecified atom stereocenters. The molecule has 1 saturated heterocycles. The summed E-state index contributed by atoms with van der Waals surface area (Å²) in [4.78, 5) is 31.1. The molecule has 1 aromatic heterocycles. The van der Waals surface area contributed by atoms with Crippen LogP contribution in [0.2, 0.25) is 0 Å². The second-order valence-electron chi connectivity index (χ2n) is 7.66. The SMILES string of the molecule is CN(C(=O)CN1CCN(C(=O)c2ccco2)CC1)C1CCCc2ccccc21. The highest BCUT2D eigenvalue weighted by molar-refractivity contribution is 5.91. The number of amides is 2. The summed E-state index contributed by atoms with van der Waals surface area (Å²) in [6.45, 7) is 3.03. The first-order valence-electron chi connectivity index (χ1n) is 10.0. The van der Waals surface area contributed by atoms with Gasteiger partial charge in [0.2, 0.25) is 5.91 Å². The van der Waals surface area contributed by atoms with Gasteiger partial charge in [-0.1, -0.05) is 24.3 Å². The van der Waals surface area contributed by atoms with Gasteiger partial charge >= 0.3 is 0 Å². The number of rotatable bonds is 4. The summed E-state index contributed by atoms with van der Waals surface area (Å²) in [7, 11) is 1.92. The van der Waals surface area contributed by atoms with Crippen LogP contribution in [0.15, 0.2) is 47.1 Å². The number of hydrogen-bond acceptors (Lipinski definition) is 4. The number of carbonyl (C=O) groups excluding carboxylic acids is 2. The Balaban J connectivity index is 1.32. The van der Waals surface area contributed by atoms with Gasteiger partial charge < -0.3 is 14.2 Å². The van der Waals surface area contributed by atoms with Crippen molar-refractivity contribution < 1.29 is 14.0 Å². The maximum absolute atomic E-state index is 12.9. The highest BCUT2D eigenvalue weighted by Crippen LogP contribution is 2.33. The summed E-state index contributed by atoms with van der Waals surface area (Å²) in [5, 5.41) is 0. The molecule has 0 bridgehead atoms. The minimum Gasteiger partial charge on any atom is -0.459 e. The van der Waals surface area contributed by atoms with Crippen molar-refractivity contribution in [1.29, 1.82) is 0 Å². The van der Waals surface area contributed by atoms with Gasteiger partial charge in [0.1, 0.15) is 0 Å². The van der Waals surface area contributed by atoms with E-state index >= 15 is 0 Å². The van der Waals surface area contributed by atoms with E-state index in [1.165, 1.54) is 17.4 Å². The van der Waals surface area contributed by atoms with Gasteiger partial charge in [-0.25, -0.2) is 0 Å². The van der Waals surface area contributed by atoms with Crippen molar-refractivity contribution in [2.24, 2.45) is 0 Å². The smallest absolute Gasteiger partial charge is 0.289 e. The lowest BCUT2D eigenvalue weighted by Crippen LogP contribution is -2.51.